The first-order chi connectivity index (χ1) is 8.83. The van der Waals surface area contributed by atoms with Gasteiger partial charge in [0.15, 0.2) is 0 Å². The van der Waals surface area contributed by atoms with E-state index in [1.54, 1.807) is 0 Å². The first-order valence-electron chi connectivity index (χ1n) is 6.91. The summed E-state index contributed by atoms with van der Waals surface area (Å²) in [6.45, 7) is 6.30. The number of nitrogens with one attached hydrogen (secondary N) is 1. The zero-order valence-electron chi connectivity index (χ0n) is 11.4. The standard InChI is InChI=1S/C16H23NO/c1-3-17-16(15-10-7-11-18-12-15)13(2)14-8-5-4-6-9-14/h4-6,8-9,12-13,16-17H,3,7,10-11H2,1-2H3. The lowest BCUT2D eigenvalue weighted by atomic mass is 9.86. The van der Waals surface area contributed by atoms with Crippen molar-refractivity contribution in [1.29, 1.82) is 0 Å². The van der Waals surface area contributed by atoms with E-state index < -0.39 is 0 Å². The van der Waals surface area contributed by atoms with E-state index >= 15 is 0 Å². The van der Waals surface area contributed by atoms with Crippen molar-refractivity contribution < 1.29 is 4.74 Å². The molecule has 0 spiro atoms. The quantitative estimate of drug-likeness (QED) is 0.857. The topological polar surface area (TPSA) is 21.3 Å². The predicted molar refractivity (Wildman–Crippen MR) is 75.6 cm³/mol. The van der Waals surface area contributed by atoms with Gasteiger partial charge >= 0.3 is 0 Å². The number of hydrogen-bond donors (Lipinski definition) is 1. The van der Waals surface area contributed by atoms with E-state index in [0.29, 0.717) is 12.0 Å². The molecule has 1 heterocycles. The van der Waals surface area contributed by atoms with E-state index in [0.717, 1.165) is 26.0 Å². The minimum absolute atomic E-state index is 0.387. The van der Waals surface area contributed by atoms with Crippen molar-refractivity contribution in [3.8, 4) is 0 Å². The Morgan fingerprint density at radius 2 is 2.06 bits per heavy atom. The second-order valence-corrected chi connectivity index (χ2v) is 4.90. The van der Waals surface area contributed by atoms with Crippen molar-refractivity contribution in [2.45, 2.75) is 38.6 Å². The molecule has 2 heteroatoms. The van der Waals surface area contributed by atoms with Gasteiger partial charge in [-0.25, -0.2) is 0 Å². The lowest BCUT2D eigenvalue weighted by Crippen LogP contribution is -2.36. The molecule has 0 amide bonds. The molecule has 2 unspecified atom stereocenters. The molecule has 1 N–H and O–H groups in total. The minimum Gasteiger partial charge on any atom is -0.501 e. The number of benzene rings is 1. The maximum absolute atomic E-state index is 5.49. The molecule has 2 nitrogen and oxygen atoms in total. The molecule has 18 heavy (non-hydrogen) atoms. The highest BCUT2D eigenvalue weighted by Gasteiger charge is 2.23. The van der Waals surface area contributed by atoms with Crippen LogP contribution in [0.4, 0.5) is 0 Å². The molecule has 1 aliphatic rings. The van der Waals surface area contributed by atoms with Gasteiger partial charge in [0.05, 0.1) is 12.9 Å². The Morgan fingerprint density at radius 1 is 1.28 bits per heavy atom. The Bertz CT molecular complexity index is 385. The summed E-state index contributed by atoms with van der Waals surface area (Å²) in [7, 11) is 0. The maximum atomic E-state index is 5.49. The summed E-state index contributed by atoms with van der Waals surface area (Å²) in [5.41, 5.74) is 2.79. The Morgan fingerprint density at radius 3 is 2.67 bits per heavy atom. The van der Waals surface area contributed by atoms with Crippen LogP contribution in [0.25, 0.3) is 0 Å². The fraction of sp³-hybridized carbons (Fsp3) is 0.500. The van der Waals surface area contributed by atoms with Crippen molar-refractivity contribution in [3.63, 3.8) is 0 Å². The highest BCUT2D eigenvalue weighted by Crippen LogP contribution is 2.27. The Labute approximate surface area is 110 Å². The van der Waals surface area contributed by atoms with Gasteiger partial charge in [-0.2, -0.15) is 0 Å². The van der Waals surface area contributed by atoms with Crippen LogP contribution in [0.15, 0.2) is 42.2 Å². The monoisotopic (exact) mass is 245 g/mol. The fourth-order valence-corrected chi connectivity index (χ4v) is 2.61. The summed E-state index contributed by atoms with van der Waals surface area (Å²) in [6, 6.07) is 11.1. The van der Waals surface area contributed by atoms with Crippen LogP contribution in [0.1, 0.15) is 38.2 Å². The van der Waals surface area contributed by atoms with Gasteiger partial charge in [0.25, 0.3) is 0 Å². The van der Waals surface area contributed by atoms with Crippen LogP contribution in [-0.2, 0) is 4.74 Å². The van der Waals surface area contributed by atoms with E-state index in [1.807, 2.05) is 6.26 Å². The number of ether oxygens (including phenoxy) is 1. The smallest absolute Gasteiger partial charge is 0.0876 e. The third-order valence-electron chi connectivity index (χ3n) is 3.61. The summed E-state index contributed by atoms with van der Waals surface area (Å²) in [6.07, 6.45) is 4.25. The predicted octanol–water partition coefficient (Wildman–Crippen LogP) is 3.46. The SMILES string of the molecule is CCNC(C1=COCCC1)C(C)c1ccccc1. The average molecular weight is 245 g/mol. The maximum Gasteiger partial charge on any atom is 0.0876 e. The highest BCUT2D eigenvalue weighted by atomic mass is 16.5. The first-order valence-corrected chi connectivity index (χ1v) is 6.91. The summed E-state index contributed by atoms with van der Waals surface area (Å²) >= 11 is 0. The normalized spacial score (nSPS) is 18.7. The first kappa shape index (κ1) is 13.2. The molecule has 0 saturated carbocycles. The van der Waals surface area contributed by atoms with Crippen LogP contribution in [0.3, 0.4) is 0 Å². The number of likely N-dealkylation sites (N-methyl/N-ethyl adjacent to an activating group) is 1. The van der Waals surface area contributed by atoms with E-state index in [2.05, 4.69) is 49.5 Å². The van der Waals surface area contributed by atoms with Crippen LogP contribution in [0.2, 0.25) is 0 Å². The minimum atomic E-state index is 0.387. The molecule has 1 aliphatic heterocycles. The molecular weight excluding hydrogens is 222 g/mol. The van der Waals surface area contributed by atoms with Crippen molar-refractivity contribution in [3.05, 3.63) is 47.7 Å². The van der Waals surface area contributed by atoms with Crippen molar-refractivity contribution in [2.24, 2.45) is 0 Å². The van der Waals surface area contributed by atoms with Crippen LogP contribution < -0.4 is 5.32 Å². The molecule has 0 aliphatic carbocycles. The number of rotatable bonds is 5. The lowest BCUT2D eigenvalue weighted by molar-refractivity contribution is 0.218. The molecule has 1 aromatic carbocycles. The third-order valence-corrected chi connectivity index (χ3v) is 3.61. The molecule has 1 aromatic rings. The Kier molecular flexibility index (Phi) is 4.82. The molecule has 0 saturated heterocycles. The van der Waals surface area contributed by atoms with Gasteiger partial charge < -0.3 is 10.1 Å². The number of hydrogen-bond acceptors (Lipinski definition) is 2. The molecule has 0 fully saturated rings. The van der Waals surface area contributed by atoms with Gasteiger partial charge in [-0.3, -0.25) is 0 Å². The van der Waals surface area contributed by atoms with Gasteiger partial charge in [0.1, 0.15) is 0 Å². The van der Waals surface area contributed by atoms with Gasteiger partial charge in [0.2, 0.25) is 0 Å². The van der Waals surface area contributed by atoms with Crippen LogP contribution >= 0.6 is 0 Å². The van der Waals surface area contributed by atoms with Crippen LogP contribution in [0.5, 0.6) is 0 Å². The Balaban J connectivity index is 2.16. The fourth-order valence-electron chi connectivity index (χ4n) is 2.61. The van der Waals surface area contributed by atoms with Crippen LogP contribution in [-0.4, -0.2) is 19.2 Å². The summed E-state index contributed by atoms with van der Waals surface area (Å²) in [5.74, 6) is 0.471. The van der Waals surface area contributed by atoms with Gasteiger partial charge in [-0.05, 0) is 30.5 Å². The Hall–Kier alpha value is -1.28. The lowest BCUT2D eigenvalue weighted by Gasteiger charge is -2.29. The van der Waals surface area contributed by atoms with E-state index in [-0.39, 0.29) is 0 Å². The van der Waals surface area contributed by atoms with Crippen LogP contribution in [0, 0.1) is 0 Å². The summed E-state index contributed by atoms with van der Waals surface area (Å²) in [5, 5.41) is 3.60. The summed E-state index contributed by atoms with van der Waals surface area (Å²) in [4.78, 5) is 0. The van der Waals surface area contributed by atoms with Crippen molar-refractivity contribution in [2.75, 3.05) is 13.2 Å². The molecular formula is C16H23NO. The highest BCUT2D eigenvalue weighted by molar-refractivity contribution is 5.25. The van der Waals surface area contributed by atoms with E-state index in [4.69, 9.17) is 4.74 Å². The molecule has 98 valence electrons. The van der Waals surface area contributed by atoms with Gasteiger partial charge in [0, 0.05) is 12.0 Å². The second kappa shape index (κ2) is 6.60. The molecule has 0 radical (unpaired) electrons. The molecule has 2 rings (SSSR count). The van der Waals surface area contributed by atoms with Gasteiger partial charge in [-0.15, -0.1) is 0 Å². The van der Waals surface area contributed by atoms with Crippen molar-refractivity contribution in [1.82, 2.24) is 5.32 Å². The van der Waals surface area contributed by atoms with Crippen molar-refractivity contribution >= 4 is 0 Å². The molecule has 0 bridgehead atoms. The zero-order valence-corrected chi connectivity index (χ0v) is 11.4. The largest absolute Gasteiger partial charge is 0.501 e. The average Bonchev–Trinajstić information content (AvgIpc) is 2.46. The summed E-state index contributed by atoms with van der Waals surface area (Å²) < 4.78 is 5.49. The van der Waals surface area contributed by atoms with E-state index in [1.165, 1.54) is 11.1 Å². The molecule has 0 aromatic heterocycles. The molecule has 2 atom stereocenters. The van der Waals surface area contributed by atoms with Gasteiger partial charge in [-0.1, -0.05) is 44.2 Å². The second-order valence-electron chi connectivity index (χ2n) is 4.90. The zero-order chi connectivity index (χ0) is 12.8. The van der Waals surface area contributed by atoms with E-state index in [9.17, 15) is 0 Å². The third kappa shape index (κ3) is 3.14.